The van der Waals surface area contributed by atoms with Crippen LogP contribution in [0.4, 0.5) is 4.39 Å². The summed E-state index contributed by atoms with van der Waals surface area (Å²) in [6, 6.07) is 11.0. The number of hydrogen-bond donors (Lipinski definition) is 3. The number of hydrogen-bond acceptors (Lipinski definition) is 6. The standard InChI is InChI=1S/C27H29FN6O/c1-16-5-6-29-23(10-16)24(19-3-4-19)34-26(35)21-12-18(15-33-27-30-7-8-31-27)11-20(13-21)22-9-17(2)14-32-25(22)28/h5-6,9-14,19,24H,3-4,7-8,15H2,1-2H3,(H,34,35)(H2,30,31,33). The summed E-state index contributed by atoms with van der Waals surface area (Å²) in [7, 11) is 0. The number of rotatable bonds is 7. The van der Waals surface area contributed by atoms with Crippen molar-refractivity contribution in [3.05, 3.63) is 82.7 Å². The lowest BCUT2D eigenvalue weighted by molar-refractivity contribution is 0.0930. The molecule has 1 unspecified atom stereocenters. The molecule has 1 saturated carbocycles. The maximum Gasteiger partial charge on any atom is 0.251 e. The second kappa shape index (κ2) is 9.82. The Kier molecular flexibility index (Phi) is 6.44. The Balaban J connectivity index is 1.46. The minimum atomic E-state index is -0.561. The smallest absolute Gasteiger partial charge is 0.251 e. The highest BCUT2D eigenvalue weighted by Crippen LogP contribution is 2.40. The van der Waals surface area contributed by atoms with E-state index in [-0.39, 0.29) is 11.9 Å². The van der Waals surface area contributed by atoms with Crippen molar-refractivity contribution in [2.45, 2.75) is 39.3 Å². The fourth-order valence-electron chi connectivity index (χ4n) is 4.35. The molecule has 35 heavy (non-hydrogen) atoms. The van der Waals surface area contributed by atoms with Gasteiger partial charge >= 0.3 is 0 Å². The molecule has 180 valence electrons. The van der Waals surface area contributed by atoms with E-state index >= 15 is 0 Å². The largest absolute Gasteiger partial charge is 0.355 e. The van der Waals surface area contributed by atoms with E-state index in [1.165, 1.54) is 6.20 Å². The van der Waals surface area contributed by atoms with Crippen LogP contribution in [-0.4, -0.2) is 34.9 Å². The number of nitrogens with zero attached hydrogens (tertiary/aromatic N) is 3. The van der Waals surface area contributed by atoms with Gasteiger partial charge in [0.25, 0.3) is 5.91 Å². The lowest BCUT2D eigenvalue weighted by Crippen LogP contribution is -2.33. The number of aromatic nitrogens is 2. The quantitative estimate of drug-likeness (QED) is 0.455. The monoisotopic (exact) mass is 472 g/mol. The molecular formula is C27H29FN6O. The summed E-state index contributed by atoms with van der Waals surface area (Å²) < 4.78 is 14.7. The molecule has 1 atom stereocenters. The molecule has 1 fully saturated rings. The Labute approximate surface area is 204 Å². The van der Waals surface area contributed by atoms with Crippen molar-refractivity contribution in [2.75, 3.05) is 13.1 Å². The van der Waals surface area contributed by atoms with Crippen LogP contribution in [-0.2, 0) is 6.54 Å². The van der Waals surface area contributed by atoms with Crippen molar-refractivity contribution in [3.8, 4) is 11.1 Å². The molecular weight excluding hydrogens is 443 g/mol. The molecule has 1 aliphatic heterocycles. The van der Waals surface area contributed by atoms with Crippen LogP contribution >= 0.6 is 0 Å². The number of nitrogens with one attached hydrogen (secondary N) is 3. The maximum atomic E-state index is 14.7. The fraction of sp³-hybridized carbons (Fsp3) is 0.333. The molecule has 7 nitrogen and oxygen atoms in total. The molecule has 0 saturated heterocycles. The van der Waals surface area contributed by atoms with Crippen molar-refractivity contribution in [1.29, 1.82) is 0 Å². The second-order valence-electron chi connectivity index (χ2n) is 9.33. The first kappa shape index (κ1) is 23.0. The molecule has 0 spiro atoms. The zero-order valence-electron chi connectivity index (χ0n) is 19.9. The van der Waals surface area contributed by atoms with E-state index in [0.29, 0.717) is 29.2 Å². The van der Waals surface area contributed by atoms with Crippen molar-refractivity contribution in [1.82, 2.24) is 25.9 Å². The molecule has 1 amide bonds. The van der Waals surface area contributed by atoms with Crippen LogP contribution in [0, 0.1) is 25.7 Å². The molecule has 2 aliphatic rings. The van der Waals surface area contributed by atoms with Crippen LogP contribution in [0.1, 0.15) is 51.6 Å². The lowest BCUT2D eigenvalue weighted by atomic mass is 9.98. The van der Waals surface area contributed by atoms with Gasteiger partial charge in [-0.05, 0) is 91.3 Å². The van der Waals surface area contributed by atoms with Gasteiger partial charge in [-0.3, -0.25) is 14.8 Å². The van der Waals surface area contributed by atoms with E-state index in [1.807, 2.05) is 38.1 Å². The predicted octanol–water partition coefficient (Wildman–Crippen LogP) is 3.83. The first-order valence-electron chi connectivity index (χ1n) is 12.0. The number of amides is 1. The van der Waals surface area contributed by atoms with Gasteiger partial charge in [-0.1, -0.05) is 0 Å². The molecule has 0 bridgehead atoms. The fourth-order valence-corrected chi connectivity index (χ4v) is 4.35. The van der Waals surface area contributed by atoms with Crippen LogP contribution < -0.4 is 16.0 Å². The molecule has 1 aliphatic carbocycles. The highest BCUT2D eigenvalue weighted by molar-refractivity contribution is 5.96. The number of aryl methyl sites for hydroxylation is 2. The van der Waals surface area contributed by atoms with Crippen LogP contribution in [0.3, 0.4) is 0 Å². The maximum absolute atomic E-state index is 14.7. The number of halogens is 1. The molecule has 2 aromatic heterocycles. The molecule has 5 rings (SSSR count). The van der Waals surface area contributed by atoms with Crippen LogP contribution in [0.5, 0.6) is 0 Å². The zero-order valence-corrected chi connectivity index (χ0v) is 19.9. The summed E-state index contributed by atoms with van der Waals surface area (Å²) in [6.07, 6.45) is 5.40. The van der Waals surface area contributed by atoms with Crippen molar-refractivity contribution in [2.24, 2.45) is 10.9 Å². The van der Waals surface area contributed by atoms with E-state index in [4.69, 9.17) is 0 Å². The van der Waals surface area contributed by atoms with E-state index in [2.05, 4.69) is 30.9 Å². The predicted molar refractivity (Wildman–Crippen MR) is 133 cm³/mol. The molecule has 3 aromatic rings. The SMILES string of the molecule is Cc1ccnc(C(NC(=O)c2cc(CNC3=NCCN3)cc(-c3cc(C)cnc3F)c2)C2CC2)c1. The third-order valence-electron chi connectivity index (χ3n) is 6.31. The zero-order chi connectivity index (χ0) is 24.4. The lowest BCUT2D eigenvalue weighted by Gasteiger charge is -2.19. The Morgan fingerprint density at radius 1 is 1.14 bits per heavy atom. The van der Waals surface area contributed by atoms with E-state index in [9.17, 15) is 9.18 Å². The first-order valence-corrected chi connectivity index (χ1v) is 12.0. The Hall–Kier alpha value is -3.81. The Bertz CT molecular complexity index is 1290. The first-order chi connectivity index (χ1) is 17.0. The average Bonchev–Trinajstić information content (AvgIpc) is 3.56. The van der Waals surface area contributed by atoms with Gasteiger partial charge in [0, 0.05) is 36.6 Å². The van der Waals surface area contributed by atoms with Crippen LogP contribution in [0.15, 0.2) is 53.8 Å². The van der Waals surface area contributed by atoms with Crippen LogP contribution in [0.2, 0.25) is 0 Å². The topological polar surface area (TPSA) is 91.3 Å². The normalized spacial score (nSPS) is 15.8. The highest BCUT2D eigenvalue weighted by Gasteiger charge is 2.34. The number of carbonyl (C=O) groups is 1. The van der Waals surface area contributed by atoms with Crippen molar-refractivity contribution in [3.63, 3.8) is 0 Å². The average molecular weight is 473 g/mol. The van der Waals surface area contributed by atoms with Gasteiger partial charge in [-0.15, -0.1) is 0 Å². The number of benzene rings is 1. The summed E-state index contributed by atoms with van der Waals surface area (Å²) >= 11 is 0. The summed E-state index contributed by atoms with van der Waals surface area (Å²) in [5.74, 6) is 0.339. The number of carbonyl (C=O) groups excluding carboxylic acids is 1. The molecule has 0 radical (unpaired) electrons. The summed E-state index contributed by atoms with van der Waals surface area (Å²) in [6.45, 7) is 5.87. The van der Waals surface area contributed by atoms with Gasteiger partial charge < -0.3 is 16.0 Å². The van der Waals surface area contributed by atoms with Gasteiger partial charge in [0.05, 0.1) is 18.3 Å². The molecule has 1 aromatic carbocycles. The van der Waals surface area contributed by atoms with Crippen LogP contribution in [0.25, 0.3) is 11.1 Å². The van der Waals surface area contributed by atoms with E-state index in [1.54, 1.807) is 18.3 Å². The summed E-state index contributed by atoms with van der Waals surface area (Å²) in [4.78, 5) is 26.2. The summed E-state index contributed by atoms with van der Waals surface area (Å²) in [5.41, 5.74) is 5.13. The minimum Gasteiger partial charge on any atom is -0.355 e. The third kappa shape index (κ3) is 5.48. The van der Waals surface area contributed by atoms with E-state index < -0.39 is 5.95 Å². The third-order valence-corrected chi connectivity index (χ3v) is 6.31. The number of aliphatic imine (C=N–C) groups is 1. The van der Waals surface area contributed by atoms with Gasteiger partial charge in [0.1, 0.15) is 0 Å². The van der Waals surface area contributed by atoms with Gasteiger partial charge in [-0.2, -0.15) is 4.39 Å². The Morgan fingerprint density at radius 2 is 2.00 bits per heavy atom. The minimum absolute atomic E-state index is 0.151. The summed E-state index contributed by atoms with van der Waals surface area (Å²) in [5, 5.41) is 9.64. The number of guanidine groups is 1. The Morgan fingerprint density at radius 3 is 2.74 bits per heavy atom. The van der Waals surface area contributed by atoms with Gasteiger partial charge in [0.2, 0.25) is 5.95 Å². The second-order valence-corrected chi connectivity index (χ2v) is 9.33. The van der Waals surface area contributed by atoms with E-state index in [0.717, 1.165) is 54.3 Å². The van der Waals surface area contributed by atoms with Crippen molar-refractivity contribution < 1.29 is 9.18 Å². The molecule has 8 heteroatoms. The molecule has 3 N–H and O–H groups in total. The highest BCUT2D eigenvalue weighted by atomic mass is 19.1. The molecule has 3 heterocycles. The van der Waals surface area contributed by atoms with Crippen molar-refractivity contribution >= 4 is 11.9 Å². The van der Waals surface area contributed by atoms with Gasteiger partial charge in [0.15, 0.2) is 5.96 Å². The van der Waals surface area contributed by atoms with Gasteiger partial charge in [-0.25, -0.2) is 4.98 Å². The number of pyridine rings is 2.